The topological polar surface area (TPSA) is 111 Å². The van der Waals surface area contributed by atoms with E-state index in [2.05, 4.69) is 10.6 Å². The van der Waals surface area contributed by atoms with Crippen LogP contribution >= 0.6 is 0 Å². The van der Waals surface area contributed by atoms with Crippen molar-refractivity contribution in [2.75, 3.05) is 17.2 Å². The van der Waals surface area contributed by atoms with Gasteiger partial charge >= 0.3 is 0 Å². The number of nitrogens with zero attached hydrogens (tertiary/aromatic N) is 1. The van der Waals surface area contributed by atoms with Crippen LogP contribution < -0.4 is 15.4 Å². The number of hydrogen-bond acceptors (Lipinski definition) is 5. The number of benzene rings is 2. The normalized spacial score (nSPS) is 14.1. The van der Waals surface area contributed by atoms with Gasteiger partial charge in [0.25, 0.3) is 11.6 Å². The van der Waals surface area contributed by atoms with E-state index in [1.807, 2.05) is 0 Å². The van der Waals surface area contributed by atoms with Gasteiger partial charge in [-0.1, -0.05) is 25.3 Å². The molecule has 29 heavy (non-hydrogen) atoms. The second kappa shape index (κ2) is 9.68. The van der Waals surface area contributed by atoms with Gasteiger partial charge in [0.05, 0.1) is 4.92 Å². The zero-order chi connectivity index (χ0) is 20.6. The Hall–Kier alpha value is -3.42. The predicted octanol–water partition coefficient (Wildman–Crippen LogP) is 4.13. The highest BCUT2D eigenvalue weighted by Crippen LogP contribution is 2.25. The number of anilines is 2. The number of amides is 2. The van der Waals surface area contributed by atoms with Crippen LogP contribution in [0.4, 0.5) is 17.1 Å². The van der Waals surface area contributed by atoms with Crippen molar-refractivity contribution in [3.05, 3.63) is 58.6 Å². The van der Waals surface area contributed by atoms with Crippen molar-refractivity contribution >= 4 is 28.9 Å². The largest absolute Gasteiger partial charge is 0.484 e. The number of nitro benzene ring substituents is 1. The molecule has 8 heteroatoms. The van der Waals surface area contributed by atoms with E-state index in [4.69, 9.17) is 4.74 Å². The SMILES string of the molecule is O=C(COc1ccc([N+](=O)[O-])cc1)Nc1cccc(NC(=O)C2CCCCC2)c1. The Labute approximate surface area is 168 Å². The summed E-state index contributed by atoms with van der Waals surface area (Å²) in [4.78, 5) is 34.6. The lowest BCUT2D eigenvalue weighted by Gasteiger charge is -2.20. The van der Waals surface area contributed by atoms with Gasteiger partial charge in [-0.2, -0.15) is 0 Å². The maximum absolute atomic E-state index is 12.4. The van der Waals surface area contributed by atoms with Crippen molar-refractivity contribution in [3.63, 3.8) is 0 Å². The Balaban J connectivity index is 1.50. The molecule has 2 aromatic rings. The lowest BCUT2D eigenvalue weighted by molar-refractivity contribution is -0.384. The van der Waals surface area contributed by atoms with E-state index >= 15 is 0 Å². The summed E-state index contributed by atoms with van der Waals surface area (Å²) in [5.74, 6) is 0.0603. The first-order valence-corrected chi connectivity index (χ1v) is 9.59. The number of nitro groups is 1. The van der Waals surface area contributed by atoms with Crippen molar-refractivity contribution in [1.82, 2.24) is 0 Å². The average Bonchev–Trinajstić information content (AvgIpc) is 2.73. The summed E-state index contributed by atoms with van der Waals surface area (Å²) in [7, 11) is 0. The summed E-state index contributed by atoms with van der Waals surface area (Å²) < 4.78 is 5.34. The first-order chi connectivity index (χ1) is 14.0. The molecule has 1 saturated carbocycles. The number of nitrogens with one attached hydrogen (secondary N) is 2. The number of hydrogen-bond donors (Lipinski definition) is 2. The van der Waals surface area contributed by atoms with Crippen molar-refractivity contribution < 1.29 is 19.2 Å². The fraction of sp³-hybridized carbons (Fsp3) is 0.333. The summed E-state index contributed by atoms with van der Waals surface area (Å²) in [6.45, 7) is -0.240. The van der Waals surface area contributed by atoms with Gasteiger partial charge in [-0.05, 0) is 43.2 Å². The molecule has 0 atom stereocenters. The first-order valence-electron chi connectivity index (χ1n) is 9.59. The smallest absolute Gasteiger partial charge is 0.269 e. The van der Waals surface area contributed by atoms with Crippen LogP contribution in [0.25, 0.3) is 0 Å². The number of ether oxygens (including phenoxy) is 1. The molecule has 0 aliphatic heterocycles. The minimum Gasteiger partial charge on any atom is -0.484 e. The molecule has 0 heterocycles. The Morgan fingerprint density at radius 3 is 2.31 bits per heavy atom. The van der Waals surface area contributed by atoms with E-state index in [9.17, 15) is 19.7 Å². The molecule has 1 aliphatic rings. The molecular formula is C21H23N3O5. The van der Waals surface area contributed by atoms with Crippen LogP contribution in [0.1, 0.15) is 32.1 Å². The standard InChI is InChI=1S/C21H23N3O5/c25-20(14-29-19-11-9-18(10-12-19)24(27)28)22-16-7-4-8-17(13-16)23-21(26)15-5-2-1-3-6-15/h4,7-13,15H,1-3,5-6,14H2,(H,22,25)(H,23,26). The molecule has 0 aromatic heterocycles. The maximum atomic E-state index is 12.4. The van der Waals surface area contributed by atoms with Gasteiger partial charge in [0, 0.05) is 29.4 Å². The third-order valence-electron chi connectivity index (χ3n) is 4.81. The second-order valence-electron chi connectivity index (χ2n) is 6.99. The zero-order valence-corrected chi connectivity index (χ0v) is 15.9. The number of carbonyl (C=O) groups excluding carboxylic acids is 2. The number of carbonyl (C=O) groups is 2. The van der Waals surface area contributed by atoms with Crippen LogP contribution in [0.3, 0.4) is 0 Å². The van der Waals surface area contributed by atoms with Crippen LogP contribution in [0.15, 0.2) is 48.5 Å². The van der Waals surface area contributed by atoms with Crippen LogP contribution in [0.5, 0.6) is 5.75 Å². The first kappa shape index (κ1) is 20.3. The number of non-ortho nitro benzene ring substituents is 1. The lowest BCUT2D eigenvalue weighted by Crippen LogP contribution is -2.25. The molecule has 1 aliphatic carbocycles. The van der Waals surface area contributed by atoms with Crippen LogP contribution in [0.2, 0.25) is 0 Å². The van der Waals surface area contributed by atoms with Gasteiger partial charge in [-0.15, -0.1) is 0 Å². The minimum atomic E-state index is -0.503. The summed E-state index contributed by atoms with van der Waals surface area (Å²) >= 11 is 0. The van der Waals surface area contributed by atoms with Crippen molar-refractivity contribution in [3.8, 4) is 5.75 Å². The highest BCUT2D eigenvalue weighted by Gasteiger charge is 2.21. The Morgan fingerprint density at radius 2 is 1.66 bits per heavy atom. The zero-order valence-electron chi connectivity index (χ0n) is 15.9. The van der Waals surface area contributed by atoms with E-state index in [1.54, 1.807) is 24.3 Å². The summed E-state index contributed by atoms with van der Waals surface area (Å²) in [5.41, 5.74) is 1.13. The quantitative estimate of drug-likeness (QED) is 0.539. The van der Waals surface area contributed by atoms with Gasteiger partial charge in [-0.3, -0.25) is 19.7 Å². The Kier molecular flexibility index (Phi) is 6.78. The average molecular weight is 397 g/mol. The molecule has 0 bridgehead atoms. The monoisotopic (exact) mass is 397 g/mol. The second-order valence-corrected chi connectivity index (χ2v) is 6.99. The molecule has 0 unspecified atom stereocenters. The van der Waals surface area contributed by atoms with Crippen molar-refractivity contribution in [2.24, 2.45) is 5.92 Å². The molecule has 0 spiro atoms. The molecular weight excluding hydrogens is 374 g/mol. The molecule has 152 valence electrons. The van der Waals surface area contributed by atoms with E-state index in [0.717, 1.165) is 25.7 Å². The van der Waals surface area contributed by atoms with Crippen LogP contribution in [-0.4, -0.2) is 23.3 Å². The predicted molar refractivity (Wildman–Crippen MR) is 109 cm³/mol. The highest BCUT2D eigenvalue weighted by molar-refractivity contribution is 5.95. The summed E-state index contributed by atoms with van der Waals surface area (Å²) in [6.07, 6.45) is 5.20. The molecule has 1 fully saturated rings. The van der Waals surface area contributed by atoms with Gasteiger partial charge in [0.1, 0.15) is 5.75 Å². The molecule has 2 amide bonds. The van der Waals surface area contributed by atoms with Crippen molar-refractivity contribution in [2.45, 2.75) is 32.1 Å². The third kappa shape index (κ3) is 6.03. The molecule has 3 rings (SSSR count). The fourth-order valence-electron chi connectivity index (χ4n) is 3.29. The lowest BCUT2D eigenvalue weighted by atomic mass is 9.88. The number of rotatable bonds is 7. The van der Waals surface area contributed by atoms with Crippen molar-refractivity contribution in [1.29, 1.82) is 0 Å². The third-order valence-corrected chi connectivity index (χ3v) is 4.81. The highest BCUT2D eigenvalue weighted by atomic mass is 16.6. The van der Waals surface area contributed by atoms with Gasteiger partial charge in [0.2, 0.25) is 5.91 Å². The van der Waals surface area contributed by atoms with Crippen LogP contribution in [0, 0.1) is 16.0 Å². The molecule has 0 saturated heterocycles. The summed E-state index contributed by atoms with van der Waals surface area (Å²) in [6, 6.07) is 12.5. The molecule has 2 N–H and O–H groups in total. The van der Waals surface area contributed by atoms with Gasteiger partial charge in [-0.25, -0.2) is 0 Å². The maximum Gasteiger partial charge on any atom is 0.269 e. The van der Waals surface area contributed by atoms with Crippen LogP contribution in [-0.2, 0) is 9.59 Å². The van der Waals surface area contributed by atoms with E-state index in [-0.39, 0.29) is 30.0 Å². The van der Waals surface area contributed by atoms with E-state index in [0.29, 0.717) is 17.1 Å². The van der Waals surface area contributed by atoms with E-state index < -0.39 is 4.92 Å². The molecule has 8 nitrogen and oxygen atoms in total. The van der Waals surface area contributed by atoms with Gasteiger partial charge in [0.15, 0.2) is 6.61 Å². The molecule has 2 aromatic carbocycles. The Morgan fingerprint density at radius 1 is 1.00 bits per heavy atom. The fourth-order valence-corrected chi connectivity index (χ4v) is 3.29. The van der Waals surface area contributed by atoms with E-state index in [1.165, 1.54) is 30.7 Å². The summed E-state index contributed by atoms with van der Waals surface area (Å²) in [5, 5.41) is 16.3. The van der Waals surface area contributed by atoms with Gasteiger partial charge < -0.3 is 15.4 Å². The molecule has 0 radical (unpaired) electrons. The minimum absolute atomic E-state index is 0.0229. The Bertz CT molecular complexity index is 876.